The van der Waals surface area contributed by atoms with Crippen LogP contribution in [0.5, 0.6) is 5.75 Å². The molecule has 0 unspecified atom stereocenters. The number of carbonyl (C=O) groups is 1. The number of ether oxygens (including phenoxy) is 2. The van der Waals surface area contributed by atoms with Gasteiger partial charge in [0.15, 0.2) is 0 Å². The SMILES string of the molecule is CCCCOCc1cc(C(=O)Nc2ccccc2Cl)ccc1OCC. The van der Waals surface area contributed by atoms with Crippen molar-refractivity contribution in [2.24, 2.45) is 0 Å². The Morgan fingerprint density at radius 2 is 1.96 bits per heavy atom. The van der Waals surface area contributed by atoms with E-state index in [1.165, 1.54) is 0 Å². The highest BCUT2D eigenvalue weighted by Crippen LogP contribution is 2.24. The lowest BCUT2D eigenvalue weighted by Crippen LogP contribution is -2.13. The Morgan fingerprint density at radius 3 is 2.68 bits per heavy atom. The van der Waals surface area contributed by atoms with Crippen LogP contribution in [0.4, 0.5) is 5.69 Å². The number of rotatable bonds is 9. The molecule has 2 aromatic rings. The van der Waals surface area contributed by atoms with E-state index >= 15 is 0 Å². The van der Waals surface area contributed by atoms with Gasteiger partial charge in [0, 0.05) is 17.7 Å². The molecule has 0 aliphatic heterocycles. The number of anilines is 1. The fraction of sp³-hybridized carbons (Fsp3) is 0.350. The smallest absolute Gasteiger partial charge is 0.255 e. The summed E-state index contributed by atoms with van der Waals surface area (Å²) in [7, 11) is 0. The lowest BCUT2D eigenvalue weighted by Gasteiger charge is -2.13. The highest BCUT2D eigenvalue weighted by atomic mass is 35.5. The van der Waals surface area contributed by atoms with Gasteiger partial charge < -0.3 is 14.8 Å². The molecular weight excluding hydrogens is 338 g/mol. The van der Waals surface area contributed by atoms with Gasteiger partial charge in [0.2, 0.25) is 0 Å². The monoisotopic (exact) mass is 361 g/mol. The predicted molar refractivity (Wildman–Crippen MR) is 102 cm³/mol. The standard InChI is InChI=1S/C20H24ClNO3/c1-3-5-12-24-14-16-13-15(10-11-19(16)25-4-2)20(23)22-18-9-7-6-8-17(18)21/h6-11,13H,3-5,12,14H2,1-2H3,(H,22,23). The van der Waals surface area contributed by atoms with Crippen LogP contribution in [0.3, 0.4) is 0 Å². The van der Waals surface area contributed by atoms with Crippen molar-refractivity contribution < 1.29 is 14.3 Å². The Hall–Kier alpha value is -2.04. The summed E-state index contributed by atoms with van der Waals surface area (Å²) in [6, 6.07) is 12.5. The molecule has 1 N–H and O–H groups in total. The topological polar surface area (TPSA) is 47.6 Å². The number of hydrogen-bond donors (Lipinski definition) is 1. The molecule has 0 saturated heterocycles. The van der Waals surface area contributed by atoms with E-state index in [4.69, 9.17) is 21.1 Å². The van der Waals surface area contributed by atoms with Crippen molar-refractivity contribution in [1.29, 1.82) is 0 Å². The van der Waals surface area contributed by atoms with Crippen LogP contribution in [-0.2, 0) is 11.3 Å². The maximum atomic E-state index is 12.5. The molecule has 1 amide bonds. The van der Waals surface area contributed by atoms with Crippen molar-refractivity contribution in [1.82, 2.24) is 0 Å². The van der Waals surface area contributed by atoms with Gasteiger partial charge in [-0.2, -0.15) is 0 Å². The van der Waals surface area contributed by atoms with Crippen LogP contribution in [0.15, 0.2) is 42.5 Å². The van der Waals surface area contributed by atoms with Gasteiger partial charge in [-0.25, -0.2) is 0 Å². The molecule has 5 heteroatoms. The second kappa shape index (κ2) is 10.1. The van der Waals surface area contributed by atoms with Crippen molar-refractivity contribution in [3.63, 3.8) is 0 Å². The van der Waals surface area contributed by atoms with E-state index in [-0.39, 0.29) is 5.91 Å². The molecular formula is C20H24ClNO3. The maximum absolute atomic E-state index is 12.5. The average Bonchev–Trinajstić information content (AvgIpc) is 2.62. The van der Waals surface area contributed by atoms with Crippen LogP contribution in [0.2, 0.25) is 5.02 Å². The van der Waals surface area contributed by atoms with Gasteiger partial charge in [-0.3, -0.25) is 4.79 Å². The second-order valence-electron chi connectivity index (χ2n) is 5.60. The van der Waals surface area contributed by atoms with Crippen molar-refractivity contribution in [3.05, 3.63) is 58.6 Å². The van der Waals surface area contributed by atoms with Crippen LogP contribution >= 0.6 is 11.6 Å². The Bertz CT molecular complexity index is 703. The molecule has 2 rings (SSSR count). The summed E-state index contributed by atoms with van der Waals surface area (Å²) in [6.45, 7) is 5.72. The number of para-hydroxylation sites is 1. The lowest BCUT2D eigenvalue weighted by atomic mass is 10.1. The molecule has 25 heavy (non-hydrogen) atoms. The highest BCUT2D eigenvalue weighted by Gasteiger charge is 2.12. The molecule has 0 aliphatic rings. The molecule has 0 heterocycles. The van der Waals surface area contributed by atoms with E-state index in [9.17, 15) is 4.79 Å². The first kappa shape index (κ1) is 19.3. The van der Waals surface area contributed by atoms with Crippen LogP contribution in [0, 0.1) is 0 Å². The molecule has 0 fully saturated rings. The number of nitrogens with one attached hydrogen (secondary N) is 1. The number of unbranched alkanes of at least 4 members (excludes halogenated alkanes) is 1. The quantitative estimate of drug-likeness (QED) is 0.616. The zero-order chi connectivity index (χ0) is 18.1. The third-order valence-electron chi connectivity index (χ3n) is 3.64. The molecule has 0 atom stereocenters. The van der Waals surface area contributed by atoms with Gasteiger partial charge in [-0.05, 0) is 43.7 Å². The third kappa shape index (κ3) is 5.76. The highest BCUT2D eigenvalue weighted by molar-refractivity contribution is 6.33. The predicted octanol–water partition coefficient (Wildman–Crippen LogP) is 5.31. The van der Waals surface area contributed by atoms with Crippen LogP contribution in [0.1, 0.15) is 42.6 Å². The van der Waals surface area contributed by atoms with Gasteiger partial charge in [0.1, 0.15) is 5.75 Å². The molecule has 2 aromatic carbocycles. The van der Waals surface area contributed by atoms with E-state index < -0.39 is 0 Å². The molecule has 0 aliphatic carbocycles. The van der Waals surface area contributed by atoms with Crippen molar-refractivity contribution in [2.75, 3.05) is 18.5 Å². The lowest BCUT2D eigenvalue weighted by molar-refractivity contribution is 0.102. The number of carbonyl (C=O) groups excluding carboxylic acids is 1. The van der Waals surface area contributed by atoms with Crippen molar-refractivity contribution in [2.45, 2.75) is 33.3 Å². The number of halogens is 1. The Morgan fingerprint density at radius 1 is 1.16 bits per heavy atom. The van der Waals surface area contributed by atoms with Gasteiger partial charge in [-0.15, -0.1) is 0 Å². The van der Waals surface area contributed by atoms with Gasteiger partial charge >= 0.3 is 0 Å². The molecule has 0 aromatic heterocycles. The number of hydrogen-bond acceptors (Lipinski definition) is 3. The molecule has 134 valence electrons. The van der Waals surface area contributed by atoms with Crippen molar-refractivity contribution >= 4 is 23.2 Å². The minimum atomic E-state index is -0.217. The van der Waals surface area contributed by atoms with Crippen LogP contribution in [0.25, 0.3) is 0 Å². The normalized spacial score (nSPS) is 10.5. The Balaban J connectivity index is 2.14. The third-order valence-corrected chi connectivity index (χ3v) is 3.97. The average molecular weight is 362 g/mol. The molecule has 0 saturated carbocycles. The zero-order valence-corrected chi connectivity index (χ0v) is 15.4. The fourth-order valence-electron chi connectivity index (χ4n) is 2.32. The van der Waals surface area contributed by atoms with Gasteiger partial charge in [-0.1, -0.05) is 37.1 Å². The van der Waals surface area contributed by atoms with Gasteiger partial charge in [0.05, 0.1) is 23.9 Å². The van der Waals surface area contributed by atoms with E-state index in [1.54, 1.807) is 18.2 Å². The first-order valence-electron chi connectivity index (χ1n) is 8.55. The van der Waals surface area contributed by atoms with Crippen molar-refractivity contribution in [3.8, 4) is 5.75 Å². The molecule has 0 radical (unpaired) electrons. The van der Waals surface area contributed by atoms with Crippen LogP contribution < -0.4 is 10.1 Å². The van der Waals surface area contributed by atoms with E-state index in [1.807, 2.05) is 31.2 Å². The molecule has 0 bridgehead atoms. The summed E-state index contributed by atoms with van der Waals surface area (Å²) in [5.41, 5.74) is 1.99. The first-order valence-corrected chi connectivity index (χ1v) is 8.92. The fourth-order valence-corrected chi connectivity index (χ4v) is 2.50. The summed E-state index contributed by atoms with van der Waals surface area (Å²) < 4.78 is 11.3. The summed E-state index contributed by atoms with van der Waals surface area (Å²) in [6.07, 6.45) is 2.09. The van der Waals surface area contributed by atoms with Gasteiger partial charge in [0.25, 0.3) is 5.91 Å². The van der Waals surface area contributed by atoms with E-state index in [0.29, 0.717) is 36.1 Å². The summed E-state index contributed by atoms with van der Waals surface area (Å²) in [4.78, 5) is 12.5. The molecule has 4 nitrogen and oxygen atoms in total. The second-order valence-corrected chi connectivity index (χ2v) is 6.00. The first-order chi connectivity index (χ1) is 12.2. The van der Waals surface area contributed by atoms with E-state index in [2.05, 4.69) is 12.2 Å². The number of amides is 1. The minimum absolute atomic E-state index is 0.217. The van der Waals surface area contributed by atoms with Crippen LogP contribution in [-0.4, -0.2) is 19.1 Å². The largest absolute Gasteiger partial charge is 0.494 e. The maximum Gasteiger partial charge on any atom is 0.255 e. The Kier molecular flexibility index (Phi) is 7.76. The number of benzene rings is 2. The Labute approximate surface area is 154 Å². The summed E-state index contributed by atoms with van der Waals surface area (Å²) in [5.74, 6) is 0.527. The van der Waals surface area contributed by atoms with E-state index in [0.717, 1.165) is 24.2 Å². The molecule has 0 spiro atoms. The zero-order valence-electron chi connectivity index (χ0n) is 14.7. The minimum Gasteiger partial charge on any atom is -0.494 e. The summed E-state index contributed by atoms with van der Waals surface area (Å²) >= 11 is 6.10. The summed E-state index contributed by atoms with van der Waals surface area (Å²) in [5, 5.41) is 3.33.